The van der Waals surface area contributed by atoms with E-state index in [2.05, 4.69) is 42.3 Å². The van der Waals surface area contributed by atoms with E-state index in [1.807, 2.05) is 48.5 Å². The number of likely N-dealkylation sites (tertiary alicyclic amines) is 1. The van der Waals surface area contributed by atoms with Gasteiger partial charge in [-0.1, -0.05) is 83.9 Å². The Hall–Kier alpha value is -3.28. The minimum absolute atomic E-state index is 0.0399. The highest BCUT2D eigenvalue weighted by Crippen LogP contribution is 2.81. The first-order valence-corrected chi connectivity index (χ1v) is 14.5. The molecule has 3 aliphatic carbocycles. The van der Waals surface area contributed by atoms with Crippen LogP contribution in [0.5, 0.6) is 0 Å². The molecule has 1 saturated carbocycles. The number of rotatable bonds is 1. The predicted octanol–water partition coefficient (Wildman–Crippen LogP) is 7.19. The average molecular weight is 563 g/mol. The lowest BCUT2D eigenvalue weighted by molar-refractivity contribution is -0.104. The molecule has 4 aliphatic rings. The van der Waals surface area contributed by atoms with Crippen molar-refractivity contribution >= 4 is 50.7 Å². The summed E-state index contributed by atoms with van der Waals surface area (Å²) in [6.07, 6.45) is 0.485. The van der Waals surface area contributed by atoms with E-state index < -0.39 is 16.6 Å². The van der Waals surface area contributed by atoms with Gasteiger partial charge in [0.1, 0.15) is 5.60 Å². The summed E-state index contributed by atoms with van der Waals surface area (Å²) in [5.41, 5.74) is 1.62. The summed E-state index contributed by atoms with van der Waals surface area (Å²) in [7, 11) is 2.06. The van der Waals surface area contributed by atoms with Gasteiger partial charge < -0.3 is 5.11 Å². The van der Waals surface area contributed by atoms with Crippen molar-refractivity contribution in [3.8, 4) is 0 Å². The Morgan fingerprint density at radius 3 is 2.45 bits per heavy atom. The molecule has 2 spiro atoms. The number of ketones is 1. The molecule has 5 atom stereocenters. The lowest BCUT2D eigenvalue weighted by Gasteiger charge is -2.48. The number of nitrogens with zero attached hydrogens (tertiary/aromatic N) is 2. The summed E-state index contributed by atoms with van der Waals surface area (Å²) in [6.45, 7) is 0.572. The second-order valence-electron chi connectivity index (χ2n) is 12.0. The first-order chi connectivity index (χ1) is 19.3. The quantitative estimate of drug-likeness (QED) is 0.235. The first kappa shape index (κ1) is 23.4. The smallest absolute Gasteiger partial charge is 0.173 e. The maximum Gasteiger partial charge on any atom is 0.173 e. The molecular formula is C34H24Cl2N2O2. The molecule has 1 aromatic heterocycles. The first-order valence-electron chi connectivity index (χ1n) is 13.7. The van der Waals surface area contributed by atoms with Gasteiger partial charge in [0.25, 0.3) is 0 Å². The summed E-state index contributed by atoms with van der Waals surface area (Å²) < 4.78 is 0. The third-order valence-corrected chi connectivity index (χ3v) is 11.2. The molecule has 9 rings (SSSR count). The molecule has 196 valence electrons. The van der Waals surface area contributed by atoms with Gasteiger partial charge in [-0.3, -0.25) is 14.7 Å². The number of carbonyl (C=O) groups excluding carboxylic acids is 1. The third kappa shape index (κ3) is 2.28. The molecule has 1 N–H and O–H groups in total. The molecule has 4 aromatic carbocycles. The Bertz CT molecular complexity index is 1990. The monoisotopic (exact) mass is 562 g/mol. The normalized spacial score (nSPS) is 31.6. The molecule has 1 aliphatic heterocycles. The van der Waals surface area contributed by atoms with Crippen molar-refractivity contribution in [2.45, 2.75) is 29.4 Å². The molecule has 2 heterocycles. The van der Waals surface area contributed by atoms with Gasteiger partial charge in [-0.2, -0.15) is 0 Å². The number of benzene rings is 4. The van der Waals surface area contributed by atoms with E-state index in [0.717, 1.165) is 38.4 Å². The number of aromatic nitrogens is 1. The van der Waals surface area contributed by atoms with Crippen molar-refractivity contribution in [3.63, 3.8) is 0 Å². The fraction of sp³-hybridized carbons (Fsp3) is 0.235. The van der Waals surface area contributed by atoms with Gasteiger partial charge in [0.2, 0.25) is 0 Å². The minimum Gasteiger partial charge on any atom is -0.382 e. The highest BCUT2D eigenvalue weighted by molar-refractivity contribution is 6.35. The van der Waals surface area contributed by atoms with Gasteiger partial charge in [0, 0.05) is 39.4 Å². The minimum atomic E-state index is -1.37. The standard InChI is InChI=1S/C34H24Cl2N2O2/c1-38-17-26(21-13-12-20(35)15-27(21)36)32-16-25(30-22(31(32)39)14-19-6-2-3-11-28(19)37-30)33(40)23-9-4-7-18-8-5-10-24(29(18)23)34(32,33)38/h2-15,25-26,40H,16-17H2,1H3/t25-,26+,32-,33-,34+/m0/s1. The lowest BCUT2D eigenvalue weighted by Crippen LogP contribution is -2.58. The number of pyridine rings is 1. The molecule has 5 aromatic rings. The van der Waals surface area contributed by atoms with E-state index >= 15 is 4.79 Å². The molecule has 0 unspecified atom stereocenters. The zero-order valence-corrected chi connectivity index (χ0v) is 23.2. The van der Waals surface area contributed by atoms with E-state index in [1.54, 1.807) is 6.07 Å². The number of hydrogen-bond donors (Lipinski definition) is 1. The van der Waals surface area contributed by atoms with E-state index in [4.69, 9.17) is 28.2 Å². The van der Waals surface area contributed by atoms with Crippen molar-refractivity contribution in [2.24, 2.45) is 5.41 Å². The Morgan fingerprint density at radius 1 is 0.900 bits per heavy atom. The van der Waals surface area contributed by atoms with E-state index in [0.29, 0.717) is 34.3 Å². The molecule has 40 heavy (non-hydrogen) atoms. The number of likely N-dealkylation sites (N-methyl/N-ethyl adjacent to an activating group) is 1. The zero-order chi connectivity index (χ0) is 27.2. The van der Waals surface area contributed by atoms with Gasteiger partial charge in [0.15, 0.2) is 5.78 Å². The average Bonchev–Trinajstić information content (AvgIpc) is 3.45. The van der Waals surface area contributed by atoms with E-state index in [1.165, 1.54) is 0 Å². The fourth-order valence-electron chi connectivity index (χ4n) is 9.47. The van der Waals surface area contributed by atoms with Gasteiger partial charge in [-0.05, 0) is 65.2 Å². The second kappa shape index (κ2) is 7.32. The van der Waals surface area contributed by atoms with Crippen LogP contribution in [0.1, 0.15) is 51.0 Å². The van der Waals surface area contributed by atoms with Crippen LogP contribution in [0, 0.1) is 5.41 Å². The Labute approximate surface area is 241 Å². The number of fused-ring (bicyclic) bond motifs is 6. The van der Waals surface area contributed by atoms with Crippen LogP contribution in [0.15, 0.2) is 84.9 Å². The van der Waals surface area contributed by atoms with Crippen LogP contribution in [-0.4, -0.2) is 34.4 Å². The SMILES string of the molecule is CN1C[C@H](c2ccc(Cl)cc2Cl)[C@@]23C[C@@H](c4nc5ccccc5cc4C2=O)[C@@]2(O)c4cccc5cccc(c45)[C@@]132. The molecule has 1 saturated heterocycles. The summed E-state index contributed by atoms with van der Waals surface area (Å²) in [5.74, 6) is -0.590. The summed E-state index contributed by atoms with van der Waals surface area (Å²) >= 11 is 13.2. The largest absolute Gasteiger partial charge is 0.382 e. The summed E-state index contributed by atoms with van der Waals surface area (Å²) in [4.78, 5) is 22.7. The topological polar surface area (TPSA) is 53.4 Å². The number of carbonyl (C=O) groups is 1. The highest BCUT2D eigenvalue weighted by Gasteiger charge is 2.85. The molecule has 6 heteroatoms. The Kier molecular flexibility index (Phi) is 4.28. The second-order valence-corrected chi connectivity index (χ2v) is 12.8. The zero-order valence-electron chi connectivity index (χ0n) is 21.7. The van der Waals surface area contributed by atoms with Crippen molar-refractivity contribution < 1.29 is 9.90 Å². The Balaban J connectivity index is 1.46. The van der Waals surface area contributed by atoms with Gasteiger partial charge >= 0.3 is 0 Å². The number of aliphatic hydroxyl groups is 1. The molecule has 2 fully saturated rings. The summed E-state index contributed by atoms with van der Waals surface area (Å²) in [6, 6.07) is 27.9. The fourth-order valence-corrected chi connectivity index (χ4v) is 10.0. The number of halogens is 2. The van der Waals surface area contributed by atoms with Gasteiger partial charge in [-0.15, -0.1) is 0 Å². The van der Waals surface area contributed by atoms with Crippen LogP contribution in [0.3, 0.4) is 0 Å². The number of hydrogen-bond acceptors (Lipinski definition) is 4. The van der Waals surface area contributed by atoms with Crippen molar-refractivity contribution in [1.29, 1.82) is 0 Å². The molecule has 0 radical (unpaired) electrons. The Morgan fingerprint density at radius 2 is 1.65 bits per heavy atom. The number of Topliss-reactive ketones (excluding diaryl/α,β-unsaturated/α-hetero) is 1. The maximum absolute atomic E-state index is 15.3. The van der Waals surface area contributed by atoms with E-state index in [9.17, 15) is 5.11 Å². The van der Waals surface area contributed by atoms with Crippen LogP contribution < -0.4 is 0 Å². The van der Waals surface area contributed by atoms with E-state index in [-0.39, 0.29) is 17.6 Å². The van der Waals surface area contributed by atoms with Crippen LogP contribution in [0.25, 0.3) is 21.7 Å². The van der Waals surface area contributed by atoms with Crippen molar-refractivity contribution in [2.75, 3.05) is 13.6 Å². The van der Waals surface area contributed by atoms with Crippen molar-refractivity contribution in [1.82, 2.24) is 9.88 Å². The number of para-hydroxylation sites is 1. The van der Waals surface area contributed by atoms with Crippen molar-refractivity contribution in [3.05, 3.63) is 123 Å². The maximum atomic E-state index is 15.3. The molecular weight excluding hydrogens is 539 g/mol. The molecule has 2 bridgehead atoms. The van der Waals surface area contributed by atoms with Crippen LogP contribution >= 0.6 is 23.2 Å². The van der Waals surface area contributed by atoms with Crippen LogP contribution in [0.2, 0.25) is 10.0 Å². The van der Waals surface area contributed by atoms with Crippen LogP contribution in [0.4, 0.5) is 0 Å². The molecule has 4 nitrogen and oxygen atoms in total. The molecule has 0 amide bonds. The third-order valence-electron chi connectivity index (χ3n) is 10.6. The van der Waals surface area contributed by atoms with Gasteiger partial charge in [0.05, 0.1) is 22.2 Å². The predicted molar refractivity (Wildman–Crippen MR) is 157 cm³/mol. The summed E-state index contributed by atoms with van der Waals surface area (Å²) in [5, 5.41) is 17.6. The highest BCUT2D eigenvalue weighted by atomic mass is 35.5. The van der Waals surface area contributed by atoms with Gasteiger partial charge in [-0.25, -0.2) is 0 Å². The van der Waals surface area contributed by atoms with Crippen LogP contribution in [-0.2, 0) is 11.1 Å². The lowest BCUT2D eigenvalue weighted by atomic mass is 9.57.